The zero-order valence-electron chi connectivity index (χ0n) is 8.46. The molecule has 0 aliphatic carbocycles. The van der Waals surface area contributed by atoms with Crippen LogP contribution in [0.1, 0.15) is 18.9 Å². The lowest BCUT2D eigenvalue weighted by Gasteiger charge is -2.08. The molecule has 0 saturated carbocycles. The summed E-state index contributed by atoms with van der Waals surface area (Å²) in [6.07, 6.45) is 1.41. The fraction of sp³-hybridized carbons (Fsp3) is 0.455. The van der Waals surface area contributed by atoms with Gasteiger partial charge in [-0.05, 0) is 37.5 Å². The first kappa shape index (κ1) is 11.5. The number of hydrogen-bond donors (Lipinski definition) is 1. The molecule has 0 fully saturated rings. The highest BCUT2D eigenvalue weighted by atomic mass is 79.9. The van der Waals surface area contributed by atoms with Crippen molar-refractivity contribution in [2.45, 2.75) is 25.9 Å². The van der Waals surface area contributed by atoms with Crippen LogP contribution in [0.2, 0.25) is 0 Å². The number of aliphatic hydroxyl groups is 1. The second kappa shape index (κ2) is 5.37. The van der Waals surface area contributed by atoms with E-state index in [1.807, 2.05) is 18.2 Å². The van der Waals surface area contributed by atoms with Crippen molar-refractivity contribution >= 4 is 15.9 Å². The molecule has 0 aromatic heterocycles. The van der Waals surface area contributed by atoms with Crippen molar-refractivity contribution in [2.24, 2.45) is 0 Å². The van der Waals surface area contributed by atoms with E-state index in [2.05, 4.69) is 15.9 Å². The Morgan fingerprint density at radius 1 is 1.50 bits per heavy atom. The average molecular weight is 259 g/mol. The van der Waals surface area contributed by atoms with Gasteiger partial charge in [-0.25, -0.2) is 0 Å². The number of benzene rings is 1. The maximum absolute atomic E-state index is 9.17. The molecule has 0 radical (unpaired) electrons. The van der Waals surface area contributed by atoms with E-state index in [0.29, 0.717) is 0 Å². The van der Waals surface area contributed by atoms with E-state index in [4.69, 9.17) is 9.84 Å². The van der Waals surface area contributed by atoms with E-state index >= 15 is 0 Å². The van der Waals surface area contributed by atoms with Crippen LogP contribution in [0.15, 0.2) is 22.7 Å². The number of ether oxygens (including phenoxy) is 1. The Balaban J connectivity index is 2.69. The highest BCUT2D eigenvalue weighted by molar-refractivity contribution is 9.10. The van der Waals surface area contributed by atoms with Gasteiger partial charge in [0.15, 0.2) is 0 Å². The van der Waals surface area contributed by atoms with E-state index in [-0.39, 0.29) is 6.10 Å². The second-order valence-corrected chi connectivity index (χ2v) is 4.20. The minimum atomic E-state index is -0.246. The molecule has 1 aromatic carbocycles. The Hall–Kier alpha value is -0.540. The third-order valence-electron chi connectivity index (χ3n) is 2.09. The van der Waals surface area contributed by atoms with Gasteiger partial charge in [0.05, 0.1) is 13.2 Å². The Morgan fingerprint density at radius 3 is 2.71 bits per heavy atom. The van der Waals surface area contributed by atoms with Crippen LogP contribution in [0, 0.1) is 0 Å². The first-order valence-electron chi connectivity index (χ1n) is 4.64. The molecule has 1 aromatic rings. The highest BCUT2D eigenvalue weighted by Crippen LogP contribution is 2.24. The zero-order chi connectivity index (χ0) is 10.6. The molecule has 3 heteroatoms. The Kier molecular flexibility index (Phi) is 4.42. The van der Waals surface area contributed by atoms with Gasteiger partial charge in [-0.2, -0.15) is 0 Å². The lowest BCUT2D eigenvalue weighted by atomic mass is 10.1. The minimum Gasteiger partial charge on any atom is -0.497 e. The van der Waals surface area contributed by atoms with Gasteiger partial charge < -0.3 is 9.84 Å². The van der Waals surface area contributed by atoms with Gasteiger partial charge in [-0.3, -0.25) is 0 Å². The molecule has 14 heavy (non-hydrogen) atoms. The van der Waals surface area contributed by atoms with Crippen LogP contribution >= 0.6 is 15.9 Å². The predicted octanol–water partition coefficient (Wildman–Crippen LogP) is 2.77. The third-order valence-corrected chi connectivity index (χ3v) is 2.83. The van der Waals surface area contributed by atoms with Crippen LogP contribution < -0.4 is 4.74 Å². The molecule has 1 N–H and O–H groups in total. The number of halogens is 1. The van der Waals surface area contributed by atoms with Crippen molar-refractivity contribution in [3.63, 3.8) is 0 Å². The van der Waals surface area contributed by atoms with E-state index in [1.165, 1.54) is 5.56 Å². The number of aliphatic hydroxyl groups excluding tert-OH is 1. The molecule has 0 aliphatic rings. The topological polar surface area (TPSA) is 29.5 Å². The first-order chi connectivity index (χ1) is 6.63. The normalized spacial score (nSPS) is 12.6. The van der Waals surface area contributed by atoms with Crippen LogP contribution in [-0.4, -0.2) is 18.3 Å². The number of rotatable bonds is 4. The summed E-state index contributed by atoms with van der Waals surface area (Å²) in [5.74, 6) is 0.845. The lowest BCUT2D eigenvalue weighted by Crippen LogP contribution is -2.01. The van der Waals surface area contributed by atoms with E-state index < -0.39 is 0 Å². The van der Waals surface area contributed by atoms with Gasteiger partial charge in [0.25, 0.3) is 0 Å². The first-order valence-corrected chi connectivity index (χ1v) is 5.43. The standard InChI is InChI=1S/C11H15BrO2/c1-8(13)3-4-9-5-6-10(14-2)7-11(9)12/h5-8,13H,3-4H2,1-2H3/t8-/m1/s1. The smallest absolute Gasteiger partial charge is 0.120 e. The minimum absolute atomic E-state index is 0.246. The van der Waals surface area contributed by atoms with Crippen LogP contribution in [0.4, 0.5) is 0 Å². The zero-order valence-corrected chi connectivity index (χ0v) is 10.0. The summed E-state index contributed by atoms with van der Waals surface area (Å²) in [6, 6.07) is 5.89. The molecule has 0 heterocycles. The Bertz CT molecular complexity index is 297. The lowest BCUT2D eigenvalue weighted by molar-refractivity contribution is 0.185. The Labute approximate surface area is 93.0 Å². The molecule has 78 valence electrons. The highest BCUT2D eigenvalue weighted by Gasteiger charge is 2.03. The van der Waals surface area contributed by atoms with Crippen LogP contribution in [0.5, 0.6) is 5.75 Å². The number of hydrogen-bond acceptors (Lipinski definition) is 2. The third kappa shape index (κ3) is 3.31. The summed E-state index contributed by atoms with van der Waals surface area (Å²) < 4.78 is 6.14. The van der Waals surface area contributed by atoms with Gasteiger partial charge >= 0.3 is 0 Å². The fourth-order valence-electron chi connectivity index (χ4n) is 1.22. The predicted molar refractivity (Wildman–Crippen MR) is 60.7 cm³/mol. The SMILES string of the molecule is COc1ccc(CC[C@@H](C)O)c(Br)c1. The summed E-state index contributed by atoms with van der Waals surface area (Å²) in [5, 5.41) is 9.17. The van der Waals surface area contributed by atoms with Crippen LogP contribution in [0.3, 0.4) is 0 Å². The van der Waals surface area contributed by atoms with Gasteiger partial charge in [0.1, 0.15) is 5.75 Å². The molecule has 1 atom stereocenters. The molecular weight excluding hydrogens is 244 g/mol. The number of methoxy groups -OCH3 is 1. The van der Waals surface area contributed by atoms with Crippen molar-refractivity contribution in [2.75, 3.05) is 7.11 Å². The molecule has 0 unspecified atom stereocenters. The quantitative estimate of drug-likeness (QED) is 0.900. The van der Waals surface area contributed by atoms with Crippen molar-refractivity contribution in [3.05, 3.63) is 28.2 Å². The van der Waals surface area contributed by atoms with Gasteiger partial charge in [0.2, 0.25) is 0 Å². The molecule has 0 aliphatic heterocycles. The van der Waals surface area contributed by atoms with Crippen molar-refractivity contribution in [1.29, 1.82) is 0 Å². The Morgan fingerprint density at radius 2 is 2.21 bits per heavy atom. The summed E-state index contributed by atoms with van der Waals surface area (Å²) in [6.45, 7) is 1.80. The molecule has 0 amide bonds. The largest absolute Gasteiger partial charge is 0.497 e. The molecule has 0 spiro atoms. The van der Waals surface area contributed by atoms with E-state index in [9.17, 15) is 0 Å². The molecule has 2 nitrogen and oxygen atoms in total. The molecule has 0 saturated heterocycles. The molecule has 1 rings (SSSR count). The maximum atomic E-state index is 9.17. The summed E-state index contributed by atoms with van der Waals surface area (Å²) >= 11 is 3.48. The summed E-state index contributed by atoms with van der Waals surface area (Å²) in [4.78, 5) is 0. The second-order valence-electron chi connectivity index (χ2n) is 3.35. The monoisotopic (exact) mass is 258 g/mol. The summed E-state index contributed by atoms with van der Waals surface area (Å²) in [7, 11) is 1.65. The van der Waals surface area contributed by atoms with Crippen LogP contribution in [0.25, 0.3) is 0 Å². The van der Waals surface area contributed by atoms with Crippen molar-refractivity contribution < 1.29 is 9.84 Å². The average Bonchev–Trinajstić information content (AvgIpc) is 2.15. The van der Waals surface area contributed by atoms with Crippen LogP contribution in [-0.2, 0) is 6.42 Å². The molecule has 0 bridgehead atoms. The number of aryl methyl sites for hydroxylation is 1. The molecular formula is C11H15BrO2. The fourth-order valence-corrected chi connectivity index (χ4v) is 1.78. The van der Waals surface area contributed by atoms with Gasteiger partial charge in [-0.15, -0.1) is 0 Å². The van der Waals surface area contributed by atoms with Crippen molar-refractivity contribution in [3.8, 4) is 5.75 Å². The van der Waals surface area contributed by atoms with Gasteiger partial charge in [-0.1, -0.05) is 22.0 Å². The van der Waals surface area contributed by atoms with E-state index in [0.717, 1.165) is 23.1 Å². The van der Waals surface area contributed by atoms with Crippen molar-refractivity contribution in [1.82, 2.24) is 0 Å². The summed E-state index contributed by atoms with van der Waals surface area (Å²) in [5.41, 5.74) is 1.20. The van der Waals surface area contributed by atoms with E-state index in [1.54, 1.807) is 14.0 Å². The maximum Gasteiger partial charge on any atom is 0.120 e. The van der Waals surface area contributed by atoms with Gasteiger partial charge in [0, 0.05) is 4.47 Å².